The second-order valence-corrected chi connectivity index (χ2v) is 12.0. The van der Waals surface area contributed by atoms with Crippen molar-refractivity contribution in [1.82, 2.24) is 14.5 Å². The molecule has 3 amide bonds. The summed E-state index contributed by atoms with van der Waals surface area (Å²) in [7, 11) is 0. The van der Waals surface area contributed by atoms with Gasteiger partial charge in [0.15, 0.2) is 0 Å². The van der Waals surface area contributed by atoms with Crippen molar-refractivity contribution in [2.24, 2.45) is 5.92 Å². The van der Waals surface area contributed by atoms with Crippen LogP contribution >= 0.6 is 23.1 Å². The molecule has 0 aliphatic carbocycles. The number of rotatable bonds is 4. The second kappa shape index (κ2) is 10.2. The van der Waals surface area contributed by atoms with Crippen LogP contribution in [0.2, 0.25) is 0 Å². The minimum atomic E-state index is -4.78. The first-order valence-electron chi connectivity index (χ1n) is 12.8. The molecule has 0 saturated carbocycles. The average Bonchev–Trinajstić information content (AvgIpc) is 3.39. The maximum absolute atomic E-state index is 13.9. The second-order valence-electron chi connectivity index (χ2n) is 9.92. The highest BCUT2D eigenvalue weighted by atomic mass is 32.2. The van der Waals surface area contributed by atoms with Crippen LogP contribution in [0.25, 0.3) is 0 Å². The number of thiazole rings is 1. The zero-order valence-corrected chi connectivity index (χ0v) is 22.6. The molecule has 13 heteroatoms. The summed E-state index contributed by atoms with van der Waals surface area (Å²) < 4.78 is 43.0. The van der Waals surface area contributed by atoms with Crippen molar-refractivity contribution in [3.05, 3.63) is 74.5 Å². The fraction of sp³-hybridized carbons (Fsp3) is 0.370. The molecule has 3 aliphatic rings. The van der Waals surface area contributed by atoms with E-state index in [2.05, 4.69) is 4.98 Å². The number of alkyl halides is 3. The van der Waals surface area contributed by atoms with Gasteiger partial charge < -0.3 is 4.90 Å². The van der Waals surface area contributed by atoms with E-state index in [0.29, 0.717) is 33.5 Å². The summed E-state index contributed by atoms with van der Waals surface area (Å²) in [6.45, 7) is 1.00. The maximum atomic E-state index is 13.9. The van der Waals surface area contributed by atoms with Crippen molar-refractivity contribution in [3.63, 3.8) is 0 Å². The number of fused-ring (bicyclic) bond motifs is 2. The standard InChI is InChI=1S/C27H23F3N4O4S2/c28-27(29,30)16-8-2-3-9-17(16)34-23(36)20-19(15-7-6-10-31-13-15)22-25(39-21(20)24(34)37)33(26(38)40-22)14-18(35)32-11-4-1-5-12-32/h2-3,6-10,13,19-21H,1,4-5,11-12,14H2. The van der Waals surface area contributed by atoms with Crippen LogP contribution in [-0.2, 0) is 27.1 Å². The minimum absolute atomic E-state index is 0.211. The van der Waals surface area contributed by atoms with Crippen LogP contribution in [0.4, 0.5) is 18.9 Å². The molecule has 8 nitrogen and oxygen atoms in total. The number of amides is 3. The first kappa shape index (κ1) is 26.8. The SMILES string of the molecule is O=C(Cn1c2c(sc1=O)C(c1cccnc1)C1C(=O)N(c3ccccc3C(F)(F)F)C(=O)C1S2)N1CCCCC1. The van der Waals surface area contributed by atoms with Gasteiger partial charge >= 0.3 is 11.0 Å². The van der Waals surface area contributed by atoms with E-state index in [-0.39, 0.29) is 12.5 Å². The van der Waals surface area contributed by atoms with E-state index in [1.807, 2.05) is 0 Å². The summed E-state index contributed by atoms with van der Waals surface area (Å²) in [4.78, 5) is 60.5. The minimum Gasteiger partial charge on any atom is -0.341 e. The molecule has 40 heavy (non-hydrogen) atoms. The number of halogens is 3. The van der Waals surface area contributed by atoms with Gasteiger partial charge in [0.25, 0.3) is 0 Å². The Morgan fingerprint density at radius 1 is 1.00 bits per heavy atom. The summed E-state index contributed by atoms with van der Waals surface area (Å²) in [5.74, 6) is -3.62. The van der Waals surface area contributed by atoms with Gasteiger partial charge in [0.1, 0.15) is 11.8 Å². The Labute approximate surface area is 234 Å². The lowest BCUT2D eigenvalue weighted by atomic mass is 9.84. The van der Waals surface area contributed by atoms with Crippen molar-refractivity contribution in [3.8, 4) is 0 Å². The van der Waals surface area contributed by atoms with Gasteiger partial charge in [0.2, 0.25) is 17.7 Å². The molecule has 5 heterocycles. The van der Waals surface area contributed by atoms with Gasteiger partial charge in [-0.1, -0.05) is 41.3 Å². The number of thioether (sulfide) groups is 1. The lowest BCUT2D eigenvalue weighted by molar-refractivity contribution is -0.137. The molecule has 2 fully saturated rings. The highest BCUT2D eigenvalue weighted by molar-refractivity contribution is 8.00. The van der Waals surface area contributed by atoms with Crippen LogP contribution in [0.1, 0.15) is 41.2 Å². The van der Waals surface area contributed by atoms with E-state index in [1.54, 1.807) is 17.0 Å². The molecular formula is C27H23F3N4O4S2. The smallest absolute Gasteiger partial charge is 0.341 e. The van der Waals surface area contributed by atoms with Gasteiger partial charge in [-0.05, 0) is 43.0 Å². The summed E-state index contributed by atoms with van der Waals surface area (Å²) in [6, 6.07) is 7.87. The molecule has 6 rings (SSSR count). The number of hydrogen-bond donors (Lipinski definition) is 0. The Morgan fingerprint density at radius 3 is 2.45 bits per heavy atom. The topological polar surface area (TPSA) is 92.6 Å². The number of carbonyl (C=O) groups is 3. The maximum Gasteiger partial charge on any atom is 0.418 e. The third kappa shape index (κ3) is 4.44. The number of nitrogens with zero attached hydrogens (tertiary/aromatic N) is 4. The Balaban J connectivity index is 1.44. The molecule has 3 aromatic rings. The summed E-state index contributed by atoms with van der Waals surface area (Å²) >= 11 is 1.87. The largest absolute Gasteiger partial charge is 0.418 e. The number of likely N-dealkylation sites (tertiary alicyclic amines) is 1. The van der Waals surface area contributed by atoms with Gasteiger partial charge in [0.05, 0.1) is 22.2 Å². The zero-order chi connectivity index (χ0) is 28.2. The number of hydrogen-bond acceptors (Lipinski definition) is 7. The predicted octanol–water partition coefficient (Wildman–Crippen LogP) is 4.13. The first-order chi connectivity index (χ1) is 19.2. The fourth-order valence-electron chi connectivity index (χ4n) is 5.70. The Bertz CT molecular complexity index is 1550. The van der Waals surface area contributed by atoms with Gasteiger partial charge in [-0.2, -0.15) is 13.2 Å². The van der Waals surface area contributed by atoms with E-state index in [9.17, 15) is 32.3 Å². The number of piperidine rings is 1. The van der Waals surface area contributed by atoms with Crippen LogP contribution in [0, 0.1) is 5.92 Å². The number of para-hydroxylation sites is 1. The third-order valence-corrected chi connectivity index (χ3v) is 10.1. The highest BCUT2D eigenvalue weighted by Crippen LogP contribution is 2.54. The third-order valence-electron chi connectivity index (χ3n) is 7.55. The molecule has 0 spiro atoms. The monoisotopic (exact) mass is 588 g/mol. The number of carbonyl (C=O) groups excluding carboxylic acids is 3. The molecule has 3 aliphatic heterocycles. The van der Waals surface area contributed by atoms with Crippen molar-refractivity contribution >= 4 is 46.5 Å². The van der Waals surface area contributed by atoms with E-state index in [1.165, 1.54) is 29.1 Å². The summed E-state index contributed by atoms with van der Waals surface area (Å²) in [5.41, 5.74) is -1.05. The quantitative estimate of drug-likeness (QED) is 0.426. The van der Waals surface area contributed by atoms with E-state index >= 15 is 0 Å². The molecule has 2 aromatic heterocycles. The lowest BCUT2D eigenvalue weighted by Crippen LogP contribution is -2.39. The summed E-state index contributed by atoms with van der Waals surface area (Å²) in [5, 5.41) is -0.695. The number of imide groups is 1. The van der Waals surface area contributed by atoms with Crippen molar-refractivity contribution in [2.45, 2.75) is 48.2 Å². The normalized spacial score (nSPS) is 22.8. The molecule has 0 radical (unpaired) electrons. The van der Waals surface area contributed by atoms with E-state index < -0.39 is 51.2 Å². The van der Waals surface area contributed by atoms with Gasteiger partial charge in [-0.15, -0.1) is 0 Å². The average molecular weight is 589 g/mol. The van der Waals surface area contributed by atoms with Crippen LogP contribution in [0.15, 0.2) is 58.6 Å². The van der Waals surface area contributed by atoms with Gasteiger partial charge in [0, 0.05) is 36.3 Å². The van der Waals surface area contributed by atoms with Crippen molar-refractivity contribution < 1.29 is 27.6 Å². The Hall–Kier alpha value is -3.45. The Morgan fingerprint density at radius 2 is 1.75 bits per heavy atom. The molecule has 1 aromatic carbocycles. The molecule has 2 saturated heterocycles. The number of benzene rings is 1. The number of pyridine rings is 1. The first-order valence-corrected chi connectivity index (χ1v) is 14.5. The molecule has 0 bridgehead atoms. The molecule has 3 atom stereocenters. The Kier molecular flexibility index (Phi) is 6.81. The van der Waals surface area contributed by atoms with Crippen LogP contribution < -0.4 is 9.77 Å². The fourth-order valence-corrected chi connectivity index (χ4v) is 8.47. The van der Waals surface area contributed by atoms with Crippen LogP contribution in [-0.4, -0.2) is 50.5 Å². The van der Waals surface area contributed by atoms with Gasteiger partial charge in [-0.3, -0.25) is 28.7 Å². The number of aromatic nitrogens is 2. The van der Waals surface area contributed by atoms with E-state index in [4.69, 9.17) is 0 Å². The highest BCUT2D eigenvalue weighted by Gasteiger charge is 2.57. The van der Waals surface area contributed by atoms with Crippen LogP contribution in [0.5, 0.6) is 0 Å². The van der Waals surface area contributed by atoms with Crippen molar-refractivity contribution in [1.29, 1.82) is 0 Å². The van der Waals surface area contributed by atoms with Crippen LogP contribution in [0.3, 0.4) is 0 Å². The molecule has 0 N–H and O–H groups in total. The molecular weight excluding hydrogens is 565 g/mol. The predicted molar refractivity (Wildman–Crippen MR) is 142 cm³/mol. The number of anilines is 1. The van der Waals surface area contributed by atoms with Gasteiger partial charge in [-0.25, -0.2) is 4.90 Å². The lowest BCUT2D eigenvalue weighted by Gasteiger charge is -2.31. The van der Waals surface area contributed by atoms with E-state index in [0.717, 1.165) is 54.5 Å². The summed E-state index contributed by atoms with van der Waals surface area (Å²) in [6.07, 6.45) is 1.09. The molecule has 208 valence electrons. The zero-order valence-electron chi connectivity index (χ0n) is 21.0. The van der Waals surface area contributed by atoms with Crippen molar-refractivity contribution in [2.75, 3.05) is 18.0 Å². The molecule has 3 unspecified atom stereocenters.